The van der Waals surface area contributed by atoms with Gasteiger partial charge >= 0.3 is 0 Å². The molecule has 5 heteroatoms. The summed E-state index contributed by atoms with van der Waals surface area (Å²) in [6, 6.07) is 14.1. The third-order valence-electron chi connectivity index (χ3n) is 2.95. The Balaban J connectivity index is 2.02. The van der Waals surface area contributed by atoms with Crippen LogP contribution >= 0.6 is 22.6 Å². The predicted octanol–water partition coefficient (Wildman–Crippen LogP) is 3.87. The van der Waals surface area contributed by atoms with E-state index >= 15 is 0 Å². The fourth-order valence-corrected chi connectivity index (χ4v) is 2.31. The van der Waals surface area contributed by atoms with E-state index in [1.807, 2.05) is 24.3 Å². The molecule has 100 valence electrons. The second-order valence-electron chi connectivity index (χ2n) is 4.36. The molecule has 0 radical (unpaired) electrons. The highest BCUT2D eigenvalue weighted by atomic mass is 127. The van der Waals surface area contributed by atoms with Crippen molar-refractivity contribution in [2.75, 3.05) is 5.73 Å². The molecule has 0 spiro atoms. The fraction of sp³-hybridized carbons (Fsp3) is 0. The molecule has 20 heavy (non-hydrogen) atoms. The normalized spacial score (nSPS) is 10.7. The van der Waals surface area contributed by atoms with Gasteiger partial charge in [0.2, 0.25) is 0 Å². The Morgan fingerprint density at radius 3 is 2.30 bits per heavy atom. The molecule has 1 heterocycles. The molecule has 2 N–H and O–H groups in total. The lowest BCUT2D eigenvalue weighted by Crippen LogP contribution is -1.94. The molecule has 2 aromatic carbocycles. The number of anilines is 1. The van der Waals surface area contributed by atoms with Crippen LogP contribution in [0.1, 0.15) is 0 Å². The second kappa shape index (κ2) is 5.24. The maximum atomic E-state index is 12.9. The van der Waals surface area contributed by atoms with Gasteiger partial charge in [0.15, 0.2) is 0 Å². The van der Waals surface area contributed by atoms with Crippen molar-refractivity contribution in [2.45, 2.75) is 0 Å². The summed E-state index contributed by atoms with van der Waals surface area (Å²) in [6.45, 7) is 0. The van der Waals surface area contributed by atoms with E-state index < -0.39 is 0 Å². The van der Waals surface area contributed by atoms with Crippen molar-refractivity contribution in [1.29, 1.82) is 0 Å². The molecule has 0 unspecified atom stereocenters. The monoisotopic (exact) mass is 379 g/mol. The van der Waals surface area contributed by atoms with Gasteiger partial charge in [-0.15, -0.1) is 0 Å². The first-order valence-corrected chi connectivity index (χ1v) is 7.08. The van der Waals surface area contributed by atoms with Gasteiger partial charge in [-0.1, -0.05) is 12.1 Å². The Morgan fingerprint density at radius 2 is 1.65 bits per heavy atom. The second-order valence-corrected chi connectivity index (χ2v) is 5.61. The van der Waals surface area contributed by atoms with E-state index in [1.54, 1.807) is 23.0 Å². The summed E-state index contributed by atoms with van der Waals surface area (Å²) in [5, 5.41) is 4.48. The third-order valence-corrected chi connectivity index (χ3v) is 3.67. The highest BCUT2D eigenvalue weighted by Crippen LogP contribution is 2.26. The van der Waals surface area contributed by atoms with Crippen LogP contribution in [0.15, 0.2) is 54.7 Å². The molecule has 3 rings (SSSR count). The average Bonchev–Trinajstić information content (AvgIpc) is 2.82. The number of benzene rings is 2. The lowest BCUT2D eigenvalue weighted by atomic mass is 10.1. The van der Waals surface area contributed by atoms with Crippen molar-refractivity contribution in [3.8, 4) is 16.9 Å². The van der Waals surface area contributed by atoms with E-state index in [-0.39, 0.29) is 5.82 Å². The van der Waals surface area contributed by atoms with Crippen LogP contribution in [0, 0.1) is 9.39 Å². The standard InChI is InChI=1S/C15H11FIN3/c16-11-3-7-13(8-4-11)20-9-14(18)15(19-20)10-1-5-12(17)6-2-10/h1-9H,18H2. The fourth-order valence-electron chi connectivity index (χ4n) is 1.95. The van der Waals surface area contributed by atoms with Crippen molar-refractivity contribution >= 4 is 28.3 Å². The molecule has 0 atom stereocenters. The summed E-state index contributed by atoms with van der Waals surface area (Å²) in [7, 11) is 0. The third kappa shape index (κ3) is 2.53. The van der Waals surface area contributed by atoms with Gasteiger partial charge in [0.05, 0.1) is 17.6 Å². The molecule has 1 aromatic heterocycles. The van der Waals surface area contributed by atoms with Crippen LogP contribution in [0.4, 0.5) is 10.1 Å². The van der Waals surface area contributed by atoms with Gasteiger partial charge in [-0.3, -0.25) is 0 Å². The number of hydrogen-bond donors (Lipinski definition) is 1. The van der Waals surface area contributed by atoms with Gasteiger partial charge in [-0.05, 0) is 59.0 Å². The number of nitrogen functional groups attached to an aromatic ring is 1. The van der Waals surface area contributed by atoms with Gasteiger partial charge < -0.3 is 5.73 Å². The summed E-state index contributed by atoms with van der Waals surface area (Å²) in [5.74, 6) is -0.272. The summed E-state index contributed by atoms with van der Waals surface area (Å²) < 4.78 is 15.7. The molecular formula is C15H11FIN3. The van der Waals surface area contributed by atoms with E-state index in [0.717, 1.165) is 20.5 Å². The smallest absolute Gasteiger partial charge is 0.123 e. The first kappa shape index (κ1) is 13.1. The SMILES string of the molecule is Nc1cn(-c2ccc(F)cc2)nc1-c1ccc(I)cc1. The van der Waals surface area contributed by atoms with Gasteiger partial charge in [0, 0.05) is 9.13 Å². The van der Waals surface area contributed by atoms with Crippen molar-refractivity contribution in [1.82, 2.24) is 9.78 Å². The predicted molar refractivity (Wildman–Crippen MR) is 86.1 cm³/mol. The van der Waals surface area contributed by atoms with Crippen LogP contribution in [-0.4, -0.2) is 9.78 Å². The van der Waals surface area contributed by atoms with Crippen molar-refractivity contribution < 1.29 is 4.39 Å². The van der Waals surface area contributed by atoms with E-state index in [2.05, 4.69) is 27.7 Å². The van der Waals surface area contributed by atoms with Crippen molar-refractivity contribution in [2.24, 2.45) is 0 Å². The highest BCUT2D eigenvalue weighted by molar-refractivity contribution is 14.1. The number of nitrogens with two attached hydrogens (primary N) is 1. The highest BCUT2D eigenvalue weighted by Gasteiger charge is 2.09. The zero-order valence-electron chi connectivity index (χ0n) is 10.4. The number of rotatable bonds is 2. The lowest BCUT2D eigenvalue weighted by Gasteiger charge is -2.01. The number of nitrogens with zero attached hydrogens (tertiary/aromatic N) is 2. The Bertz CT molecular complexity index is 733. The van der Waals surface area contributed by atoms with Crippen molar-refractivity contribution in [3.63, 3.8) is 0 Å². The maximum absolute atomic E-state index is 12.9. The van der Waals surface area contributed by atoms with E-state index in [4.69, 9.17) is 5.73 Å². The maximum Gasteiger partial charge on any atom is 0.123 e. The number of aromatic nitrogens is 2. The quantitative estimate of drug-likeness (QED) is 0.688. The molecule has 0 aliphatic carbocycles. The van der Waals surface area contributed by atoms with Crippen LogP contribution in [0.25, 0.3) is 16.9 Å². The Hall–Kier alpha value is -1.89. The summed E-state index contributed by atoms with van der Waals surface area (Å²) in [4.78, 5) is 0. The Labute approximate surface area is 129 Å². The molecule has 3 nitrogen and oxygen atoms in total. The number of halogens is 2. The van der Waals surface area contributed by atoms with E-state index in [1.165, 1.54) is 12.1 Å². The summed E-state index contributed by atoms with van der Waals surface area (Å²) in [5.41, 5.74) is 9.07. The first-order chi connectivity index (χ1) is 9.63. The number of hydrogen-bond acceptors (Lipinski definition) is 2. The minimum absolute atomic E-state index is 0.272. The van der Waals surface area contributed by atoms with Gasteiger partial charge in [-0.25, -0.2) is 9.07 Å². The zero-order valence-corrected chi connectivity index (χ0v) is 12.6. The molecule has 0 saturated carbocycles. The first-order valence-electron chi connectivity index (χ1n) is 6.00. The Kier molecular flexibility index (Phi) is 3.43. The molecule has 3 aromatic rings. The summed E-state index contributed by atoms with van der Waals surface area (Å²) in [6.07, 6.45) is 1.74. The molecule has 0 bridgehead atoms. The zero-order chi connectivity index (χ0) is 14.1. The minimum Gasteiger partial charge on any atom is -0.396 e. The molecule has 0 amide bonds. The largest absolute Gasteiger partial charge is 0.396 e. The van der Waals surface area contributed by atoms with Crippen LogP contribution in [0.5, 0.6) is 0 Å². The minimum atomic E-state index is -0.272. The molecular weight excluding hydrogens is 368 g/mol. The van der Waals surface area contributed by atoms with Crippen LogP contribution in [0.3, 0.4) is 0 Å². The van der Waals surface area contributed by atoms with Gasteiger partial charge in [0.1, 0.15) is 11.5 Å². The summed E-state index contributed by atoms with van der Waals surface area (Å²) >= 11 is 2.25. The molecule has 0 aliphatic heterocycles. The molecule has 0 aliphatic rings. The topological polar surface area (TPSA) is 43.8 Å². The average molecular weight is 379 g/mol. The van der Waals surface area contributed by atoms with E-state index in [9.17, 15) is 4.39 Å². The van der Waals surface area contributed by atoms with Crippen LogP contribution < -0.4 is 5.73 Å². The Morgan fingerprint density at radius 1 is 1.00 bits per heavy atom. The van der Waals surface area contributed by atoms with Gasteiger partial charge in [-0.2, -0.15) is 5.10 Å². The van der Waals surface area contributed by atoms with Gasteiger partial charge in [0.25, 0.3) is 0 Å². The lowest BCUT2D eigenvalue weighted by molar-refractivity contribution is 0.627. The van der Waals surface area contributed by atoms with Crippen molar-refractivity contribution in [3.05, 3.63) is 64.1 Å². The molecule has 0 fully saturated rings. The molecule has 0 saturated heterocycles. The van der Waals surface area contributed by atoms with Crippen LogP contribution in [-0.2, 0) is 0 Å². The van der Waals surface area contributed by atoms with Crippen LogP contribution in [0.2, 0.25) is 0 Å². The van der Waals surface area contributed by atoms with E-state index in [0.29, 0.717) is 5.69 Å².